The number of benzene rings is 1. The Hall–Kier alpha value is -2.72. The number of thiophene rings is 1. The standard InChI is InChI=1S/C21H23N5O3S2/c1-29-20(28)18-15-10-6-3-7-11-16(15)31-19(18)22-17(27)12-13-30-21-23-24-25-26(21)14-8-4-2-5-9-14/h2,4-5,8-9H,3,6-7,10-13H2,1H3,(H,22,27). The molecular weight excluding hydrogens is 434 g/mol. The normalized spacial score (nSPS) is 13.3. The van der Waals surface area contributed by atoms with Crippen LogP contribution in [0.15, 0.2) is 35.5 Å². The first kappa shape index (κ1) is 21.5. The number of anilines is 1. The number of nitrogens with zero attached hydrogens (tertiary/aromatic N) is 4. The van der Waals surface area contributed by atoms with Gasteiger partial charge in [0.05, 0.1) is 18.4 Å². The average molecular weight is 458 g/mol. The highest BCUT2D eigenvalue weighted by Gasteiger charge is 2.26. The first-order chi connectivity index (χ1) is 15.2. The molecule has 0 atom stereocenters. The van der Waals surface area contributed by atoms with Crippen LogP contribution in [0, 0.1) is 0 Å². The number of ether oxygens (including phenoxy) is 1. The molecule has 0 unspecified atom stereocenters. The molecule has 1 amide bonds. The summed E-state index contributed by atoms with van der Waals surface area (Å²) in [5.41, 5.74) is 2.43. The fraction of sp³-hybridized carbons (Fsp3) is 0.381. The lowest BCUT2D eigenvalue weighted by Crippen LogP contribution is -2.15. The highest BCUT2D eigenvalue weighted by molar-refractivity contribution is 7.99. The second kappa shape index (κ2) is 10.1. The number of carbonyl (C=O) groups is 2. The lowest BCUT2D eigenvalue weighted by Gasteiger charge is -2.07. The van der Waals surface area contributed by atoms with E-state index in [0.29, 0.717) is 21.5 Å². The summed E-state index contributed by atoms with van der Waals surface area (Å²) >= 11 is 2.91. The van der Waals surface area contributed by atoms with Crippen molar-refractivity contribution in [1.29, 1.82) is 0 Å². The SMILES string of the molecule is COC(=O)c1c(NC(=O)CCSc2nnnn2-c2ccccc2)sc2c1CCCCC2. The number of hydrogen-bond donors (Lipinski definition) is 1. The summed E-state index contributed by atoms with van der Waals surface area (Å²) in [6.07, 6.45) is 5.38. The average Bonchev–Trinajstić information content (AvgIpc) is 3.31. The van der Waals surface area contributed by atoms with E-state index < -0.39 is 0 Å². The summed E-state index contributed by atoms with van der Waals surface area (Å²) in [6, 6.07) is 9.60. The van der Waals surface area contributed by atoms with Gasteiger partial charge in [0, 0.05) is 17.1 Å². The molecule has 2 heterocycles. The van der Waals surface area contributed by atoms with Crippen molar-refractivity contribution in [3.8, 4) is 5.69 Å². The minimum Gasteiger partial charge on any atom is -0.465 e. The van der Waals surface area contributed by atoms with Gasteiger partial charge in [-0.25, -0.2) is 4.79 Å². The maximum absolute atomic E-state index is 12.6. The van der Waals surface area contributed by atoms with E-state index in [1.807, 2.05) is 30.3 Å². The molecule has 162 valence electrons. The van der Waals surface area contributed by atoms with Crippen molar-refractivity contribution in [3.05, 3.63) is 46.3 Å². The third-order valence-corrected chi connectivity index (χ3v) is 7.19. The number of hydrogen-bond acceptors (Lipinski definition) is 8. The van der Waals surface area contributed by atoms with Crippen molar-refractivity contribution in [3.63, 3.8) is 0 Å². The molecule has 0 aliphatic heterocycles. The van der Waals surface area contributed by atoms with E-state index in [2.05, 4.69) is 20.8 Å². The van der Waals surface area contributed by atoms with Crippen LogP contribution in [-0.4, -0.2) is 44.9 Å². The first-order valence-electron chi connectivity index (χ1n) is 10.2. The van der Waals surface area contributed by atoms with E-state index in [9.17, 15) is 9.59 Å². The molecule has 1 aliphatic carbocycles. The number of para-hydroxylation sites is 1. The number of esters is 1. The maximum atomic E-state index is 12.6. The second-order valence-electron chi connectivity index (χ2n) is 7.12. The van der Waals surface area contributed by atoms with E-state index in [4.69, 9.17) is 4.74 Å². The third-order valence-electron chi connectivity index (χ3n) is 5.07. The molecule has 0 spiro atoms. The van der Waals surface area contributed by atoms with Gasteiger partial charge in [0.25, 0.3) is 0 Å². The van der Waals surface area contributed by atoms with Crippen LogP contribution in [0.4, 0.5) is 5.00 Å². The summed E-state index contributed by atoms with van der Waals surface area (Å²) < 4.78 is 6.64. The fourth-order valence-corrected chi connectivity index (χ4v) is 5.70. The van der Waals surface area contributed by atoms with Crippen molar-refractivity contribution < 1.29 is 14.3 Å². The molecule has 1 aromatic carbocycles. The van der Waals surface area contributed by atoms with E-state index in [0.717, 1.165) is 43.4 Å². The number of fused-ring (bicyclic) bond motifs is 1. The lowest BCUT2D eigenvalue weighted by molar-refractivity contribution is -0.115. The van der Waals surface area contributed by atoms with Gasteiger partial charge in [-0.2, -0.15) is 4.68 Å². The molecule has 10 heteroatoms. The molecule has 0 fully saturated rings. The molecular formula is C21H23N5O3S2. The molecule has 31 heavy (non-hydrogen) atoms. The topological polar surface area (TPSA) is 99.0 Å². The predicted molar refractivity (Wildman–Crippen MR) is 120 cm³/mol. The number of nitrogens with one attached hydrogen (secondary N) is 1. The Balaban J connectivity index is 1.40. The lowest BCUT2D eigenvalue weighted by atomic mass is 10.1. The maximum Gasteiger partial charge on any atom is 0.341 e. The Morgan fingerprint density at radius 2 is 2.00 bits per heavy atom. The van der Waals surface area contributed by atoms with Gasteiger partial charge in [0.15, 0.2) is 0 Å². The highest BCUT2D eigenvalue weighted by atomic mass is 32.2. The molecule has 8 nitrogen and oxygen atoms in total. The van der Waals surface area contributed by atoms with Gasteiger partial charge in [-0.3, -0.25) is 4.79 Å². The Morgan fingerprint density at radius 1 is 1.19 bits per heavy atom. The van der Waals surface area contributed by atoms with Gasteiger partial charge in [0.1, 0.15) is 5.00 Å². The van der Waals surface area contributed by atoms with Crippen molar-refractivity contribution in [1.82, 2.24) is 20.2 Å². The molecule has 0 radical (unpaired) electrons. The Kier molecular flexibility index (Phi) is 6.98. The number of amides is 1. The van der Waals surface area contributed by atoms with Crippen LogP contribution in [0.2, 0.25) is 0 Å². The van der Waals surface area contributed by atoms with E-state index in [1.165, 1.54) is 35.1 Å². The smallest absolute Gasteiger partial charge is 0.341 e. The number of methoxy groups -OCH3 is 1. The van der Waals surface area contributed by atoms with Crippen LogP contribution in [0.25, 0.3) is 5.69 Å². The summed E-state index contributed by atoms with van der Waals surface area (Å²) in [5, 5.41) is 16.0. The number of thioether (sulfide) groups is 1. The molecule has 0 saturated carbocycles. The van der Waals surface area contributed by atoms with Crippen molar-refractivity contribution in [2.45, 2.75) is 43.7 Å². The van der Waals surface area contributed by atoms with Crippen molar-refractivity contribution in [2.75, 3.05) is 18.2 Å². The van der Waals surface area contributed by atoms with E-state index >= 15 is 0 Å². The molecule has 4 rings (SSSR count). The fourth-order valence-electron chi connectivity index (χ4n) is 3.57. The van der Waals surface area contributed by atoms with Gasteiger partial charge in [0.2, 0.25) is 11.1 Å². The van der Waals surface area contributed by atoms with Crippen LogP contribution < -0.4 is 5.32 Å². The summed E-state index contributed by atoms with van der Waals surface area (Å²) in [6.45, 7) is 0. The summed E-state index contributed by atoms with van der Waals surface area (Å²) in [7, 11) is 1.38. The molecule has 1 N–H and O–H groups in total. The zero-order valence-corrected chi connectivity index (χ0v) is 18.8. The third kappa shape index (κ3) is 4.96. The molecule has 2 aromatic heterocycles. The van der Waals surface area contributed by atoms with Gasteiger partial charge in [-0.15, -0.1) is 16.4 Å². The Labute approximate surface area is 188 Å². The summed E-state index contributed by atoms with van der Waals surface area (Å²) in [5.74, 6) is -0.0172. The minimum atomic E-state index is -0.383. The van der Waals surface area contributed by atoms with Gasteiger partial charge >= 0.3 is 5.97 Å². The van der Waals surface area contributed by atoms with E-state index in [1.54, 1.807) is 4.68 Å². The van der Waals surface area contributed by atoms with Crippen LogP contribution in [0.1, 0.15) is 46.5 Å². The first-order valence-corrected chi connectivity index (χ1v) is 12.0. The van der Waals surface area contributed by atoms with Crippen molar-refractivity contribution in [2.24, 2.45) is 0 Å². The number of carbonyl (C=O) groups excluding carboxylic acids is 2. The molecule has 0 bridgehead atoms. The second-order valence-corrected chi connectivity index (χ2v) is 9.28. The number of tetrazole rings is 1. The van der Waals surface area contributed by atoms with Gasteiger partial charge < -0.3 is 10.1 Å². The molecule has 1 aliphatic rings. The largest absolute Gasteiger partial charge is 0.465 e. The minimum absolute atomic E-state index is 0.146. The van der Waals surface area contributed by atoms with Crippen LogP contribution >= 0.6 is 23.1 Å². The van der Waals surface area contributed by atoms with Crippen molar-refractivity contribution >= 4 is 40.0 Å². The van der Waals surface area contributed by atoms with Gasteiger partial charge in [-0.05, 0) is 53.8 Å². The number of aryl methyl sites for hydroxylation is 1. The zero-order chi connectivity index (χ0) is 21.6. The monoisotopic (exact) mass is 457 g/mol. The molecule has 0 saturated heterocycles. The van der Waals surface area contributed by atoms with Gasteiger partial charge in [-0.1, -0.05) is 36.4 Å². The quantitative estimate of drug-likeness (QED) is 0.326. The van der Waals surface area contributed by atoms with Crippen LogP contribution in [-0.2, 0) is 22.4 Å². The van der Waals surface area contributed by atoms with Crippen LogP contribution in [0.3, 0.4) is 0 Å². The molecule has 3 aromatic rings. The Morgan fingerprint density at radius 3 is 2.81 bits per heavy atom. The summed E-state index contributed by atoms with van der Waals surface area (Å²) in [4.78, 5) is 26.2. The Bertz CT molecular complexity index is 1060. The predicted octanol–water partition coefficient (Wildman–Crippen LogP) is 3.90. The number of rotatable bonds is 7. The highest BCUT2D eigenvalue weighted by Crippen LogP contribution is 2.38. The van der Waals surface area contributed by atoms with E-state index in [-0.39, 0.29) is 18.3 Å². The number of aromatic nitrogens is 4. The van der Waals surface area contributed by atoms with Crippen LogP contribution in [0.5, 0.6) is 0 Å². The zero-order valence-electron chi connectivity index (χ0n) is 17.2.